The topological polar surface area (TPSA) is 905 Å². The average molecular weight is 1950 g/mol. The zero-order valence-electron chi connectivity index (χ0n) is 71.7. The Labute approximate surface area is 753 Å². The summed E-state index contributed by atoms with van der Waals surface area (Å²) in [6, 6.07) is -10.5. The van der Waals surface area contributed by atoms with Crippen LogP contribution in [0.1, 0.15) is 34.6 Å². The summed E-state index contributed by atoms with van der Waals surface area (Å²) < 4.78 is 119. The van der Waals surface area contributed by atoms with Gasteiger partial charge in [0.1, 0.15) is 244 Å². The number of amides is 6. The molecule has 0 aromatic carbocycles. The van der Waals surface area contributed by atoms with E-state index in [2.05, 4.69) is 31.9 Å². The van der Waals surface area contributed by atoms with Crippen LogP contribution in [0, 0.1) is 0 Å². The lowest BCUT2D eigenvalue weighted by molar-refractivity contribution is -0.388. The third-order valence-corrected chi connectivity index (χ3v) is 23.8. The highest BCUT2D eigenvalue weighted by Gasteiger charge is 2.62. The second-order valence-electron chi connectivity index (χ2n) is 33.2. The largest absolute Gasteiger partial charge is 0.394 e. The third-order valence-electron chi connectivity index (χ3n) is 23.8. The molecule has 51 atom stereocenters. The summed E-state index contributed by atoms with van der Waals surface area (Å²) in [5, 5.41) is 317. The van der Waals surface area contributed by atoms with Crippen LogP contribution >= 0.6 is 0 Å². The van der Waals surface area contributed by atoms with E-state index < -0.39 is 422 Å². The Bertz CT molecular complexity index is 3630. The highest BCUT2D eigenvalue weighted by Crippen LogP contribution is 2.41. The molecule has 0 unspecified atom stereocenters. The lowest BCUT2D eigenvalue weighted by Crippen LogP contribution is -2.70. The van der Waals surface area contributed by atoms with Crippen molar-refractivity contribution in [2.45, 2.75) is 347 Å². The SMILES string of the molecule is CC(=O)N[C@H]1[C@H](OC[C@H]2O[C@@H](O[C@H]3[C@H](O)[C@@H](NC(C)=O)[C@H](OC[C@H]4O[C@@H](O[C@H]5[C@H](O)[C@@H](NC(C)=O)[C@H](O[C@H]6[C@@H](O)[C@@H](CO)O[C@@H](O[C@H]7[C@H](O)[C@@H](O)[C@H](OC[C@@H](CO)NC=O)O[C@@H]7CO)[C@@H]6O)O[C@@H]5CO)[C@H](O)[C@@H](O[C@@H]5O[C@H](CO)[C@@H](O)[C@H](O)[C@H]5NC(C)=O)[C@H]4O)O[C@@H]3CO)[C@H](O)[C@@H](O[C@@H]3O[C@H](CO)[C@@H](O)[C@H](O)[C@H]3NC(C)=O)[C@H]2O)O[C@H](CO)[C@@H](O[C@@H]2O[C@H](CO)[C@H](O)[C@H](O)[C@H]2O)[C@@H]1O. The smallest absolute Gasteiger partial charge is 0.217 e. The van der Waals surface area contributed by atoms with Crippen LogP contribution in [-0.2, 0) is 124 Å². The minimum atomic E-state index is -2.49. The normalized spacial score (nSPS) is 46.7. The Hall–Kier alpha value is -5.06. The van der Waals surface area contributed by atoms with Crippen LogP contribution < -0.4 is 31.9 Å². The van der Waals surface area contributed by atoms with Gasteiger partial charge in [-0.3, -0.25) is 28.8 Å². The number of carbonyl (C=O) groups is 6. The van der Waals surface area contributed by atoms with Crippen molar-refractivity contribution in [1.29, 1.82) is 0 Å². The van der Waals surface area contributed by atoms with Gasteiger partial charge >= 0.3 is 0 Å². The van der Waals surface area contributed by atoms with E-state index in [-0.39, 0.29) is 6.41 Å². The molecule has 59 nitrogen and oxygen atoms in total. The number of carbonyl (C=O) groups excluding carboxylic acids is 6. The Kier molecular flexibility index (Phi) is 40.8. The van der Waals surface area contributed by atoms with E-state index in [0.29, 0.717) is 0 Å². The molecule has 0 aliphatic carbocycles. The molecule has 133 heavy (non-hydrogen) atoms. The number of nitrogens with one attached hydrogen (secondary N) is 6. The van der Waals surface area contributed by atoms with Crippen molar-refractivity contribution in [1.82, 2.24) is 31.9 Å². The monoisotopic (exact) mass is 1940 g/mol. The highest BCUT2D eigenvalue weighted by atomic mass is 16.8. The van der Waals surface area contributed by atoms with Crippen LogP contribution in [-0.4, -0.2) is 566 Å². The second-order valence-corrected chi connectivity index (χ2v) is 33.2. The molecule has 10 aliphatic heterocycles. The Morgan fingerprint density at radius 1 is 0.248 bits per heavy atom. The first-order valence-corrected chi connectivity index (χ1v) is 42.3. The summed E-state index contributed by atoms with van der Waals surface area (Å²) in [4.78, 5) is 75.7. The molecule has 0 bridgehead atoms. The molecular weight excluding hydrogens is 1820 g/mol. The summed E-state index contributed by atoms with van der Waals surface area (Å²) >= 11 is 0. The number of aliphatic hydroxyl groups excluding tert-OH is 27. The molecule has 768 valence electrons. The van der Waals surface area contributed by atoms with Crippen LogP contribution in [0.15, 0.2) is 0 Å². The van der Waals surface area contributed by atoms with Crippen LogP contribution in [0.3, 0.4) is 0 Å². The van der Waals surface area contributed by atoms with Gasteiger partial charge in [-0.1, -0.05) is 0 Å². The van der Waals surface area contributed by atoms with Crippen LogP contribution in [0.4, 0.5) is 0 Å². The van der Waals surface area contributed by atoms with E-state index in [4.69, 9.17) is 94.7 Å². The summed E-state index contributed by atoms with van der Waals surface area (Å²) in [5.41, 5.74) is 0. The maximum Gasteiger partial charge on any atom is 0.217 e. The number of ether oxygens (including phenoxy) is 20. The van der Waals surface area contributed by atoms with Gasteiger partial charge in [0.25, 0.3) is 0 Å². The Morgan fingerprint density at radius 2 is 0.481 bits per heavy atom. The first kappa shape index (κ1) is 110. The minimum Gasteiger partial charge on any atom is -0.394 e. The predicted octanol–water partition coefficient (Wildman–Crippen LogP) is -23.0. The molecule has 10 aliphatic rings. The molecule has 10 fully saturated rings. The summed E-state index contributed by atoms with van der Waals surface area (Å²) in [7, 11) is 0. The number of hydrogen-bond acceptors (Lipinski definition) is 53. The molecule has 10 heterocycles. The lowest BCUT2D eigenvalue weighted by atomic mass is 9.94. The summed E-state index contributed by atoms with van der Waals surface area (Å²) in [6.45, 7) is -7.41. The van der Waals surface area contributed by atoms with Gasteiger partial charge in [-0.2, -0.15) is 0 Å². The summed E-state index contributed by atoms with van der Waals surface area (Å²) in [5.74, 6) is -4.69. The van der Waals surface area contributed by atoms with Crippen molar-refractivity contribution in [3.8, 4) is 0 Å². The molecule has 33 N–H and O–H groups in total. The van der Waals surface area contributed by atoms with E-state index in [1.807, 2.05) is 0 Å². The predicted molar refractivity (Wildman–Crippen MR) is 411 cm³/mol. The zero-order valence-corrected chi connectivity index (χ0v) is 71.7. The van der Waals surface area contributed by atoms with E-state index in [1.54, 1.807) is 0 Å². The maximum atomic E-state index is 13.3. The molecule has 10 saturated heterocycles. The molecule has 10 rings (SSSR count). The molecule has 0 saturated carbocycles. The fraction of sp³-hybridized carbons (Fsp3) is 0.919. The molecule has 0 aromatic rings. The second kappa shape index (κ2) is 49.4. The van der Waals surface area contributed by atoms with Gasteiger partial charge in [0.05, 0.1) is 85.3 Å². The molecule has 0 radical (unpaired) electrons. The lowest BCUT2D eigenvalue weighted by Gasteiger charge is -2.51. The summed E-state index contributed by atoms with van der Waals surface area (Å²) in [6.07, 6.45) is -93.0. The molecule has 0 aromatic heterocycles. The van der Waals surface area contributed by atoms with Gasteiger partial charge in [-0.05, 0) is 0 Å². The Morgan fingerprint density at radius 3 is 0.789 bits per heavy atom. The van der Waals surface area contributed by atoms with Gasteiger partial charge in [0.15, 0.2) is 62.9 Å². The first-order chi connectivity index (χ1) is 63.1. The average Bonchev–Trinajstić information content (AvgIpc) is 0.766. The van der Waals surface area contributed by atoms with Gasteiger partial charge in [0.2, 0.25) is 35.9 Å². The van der Waals surface area contributed by atoms with E-state index >= 15 is 0 Å². The number of rotatable bonds is 39. The number of aliphatic hydroxyl groups is 27. The molecule has 59 heteroatoms. The van der Waals surface area contributed by atoms with Gasteiger partial charge in [0, 0.05) is 34.6 Å². The Balaban J connectivity index is 0.920. The van der Waals surface area contributed by atoms with Crippen molar-refractivity contribution >= 4 is 35.9 Å². The molecular formula is C74H124N6O53. The van der Waals surface area contributed by atoms with Crippen LogP contribution in [0.5, 0.6) is 0 Å². The zero-order chi connectivity index (χ0) is 97.9. The highest BCUT2D eigenvalue weighted by molar-refractivity contribution is 5.75. The van der Waals surface area contributed by atoms with Crippen molar-refractivity contribution < 1.29 is 261 Å². The molecule has 0 spiro atoms. The van der Waals surface area contributed by atoms with Crippen molar-refractivity contribution in [2.75, 3.05) is 79.3 Å². The minimum absolute atomic E-state index is 0.241. The van der Waals surface area contributed by atoms with Crippen molar-refractivity contribution in [3.05, 3.63) is 0 Å². The van der Waals surface area contributed by atoms with Crippen molar-refractivity contribution in [2.24, 2.45) is 0 Å². The molecule has 6 amide bonds. The van der Waals surface area contributed by atoms with E-state index in [0.717, 1.165) is 34.6 Å². The van der Waals surface area contributed by atoms with E-state index in [1.165, 1.54) is 0 Å². The quantitative estimate of drug-likeness (QED) is 0.0254. The standard InChI is InChI=1S/C74H124N6O53/c1-19(91)76-35-46(102)40(96)25(7-82)117-67(35)132-63-44(100)33(16-115-65-37(78-21(3)93)48(104)58(29(11-86)121-65)127-71-53(109)51(107)42(98)27(9-84)119-71)125-73(56(63)112)128-59-30(12-87)122-66(38(49(59)105)79-22(4)94)116-17-34-45(101)64(133-68-36(77-20(2)92)47(103)41(97)26(8-83)118-68)57(113)74(126-34)129-60-31(13-88)123-69(39(50(60)106)80-23(5)95)131-62-43(99)28(10-85)120-72(55(62)111)130-61-32(14-89)124-70(54(110)52(61)108)114-15-24(6-81)75-18-90/h18,24-74,81-89,96-113H,6-17H2,1-5H3,(H,75,90)(H,76,91)(H,77,92)(H,78,93)(H,79,94)(H,80,95)/t24-,25-,26-,27-,28-,29-,30-,31-,32-,33-,34-,35-,36-,37-,38-,39-,40-,41-,42+,43+,44+,45+,46-,47-,48-,49-,50-,51+,52-,53-,54-,55-,56-,57-,58-,59-,60-,61-,62+,63+,64+,65-,66-,67+,68+,69+,70-,71+,72+,73+,74+/m1/s1. The van der Waals surface area contributed by atoms with Crippen molar-refractivity contribution in [3.63, 3.8) is 0 Å². The van der Waals surface area contributed by atoms with Gasteiger partial charge in [-0.15, -0.1) is 0 Å². The van der Waals surface area contributed by atoms with Crippen LogP contribution in [0.2, 0.25) is 0 Å². The maximum absolute atomic E-state index is 13.3. The van der Waals surface area contributed by atoms with Gasteiger partial charge < -0.3 is 265 Å². The third kappa shape index (κ3) is 25.5. The van der Waals surface area contributed by atoms with Crippen LogP contribution in [0.25, 0.3) is 0 Å². The first-order valence-electron chi connectivity index (χ1n) is 42.3. The number of hydrogen-bond donors (Lipinski definition) is 33. The van der Waals surface area contributed by atoms with Gasteiger partial charge in [-0.25, -0.2) is 0 Å². The van der Waals surface area contributed by atoms with E-state index in [9.17, 15) is 167 Å². The fourth-order valence-electron chi connectivity index (χ4n) is 16.9. The fourth-order valence-corrected chi connectivity index (χ4v) is 16.9.